The highest BCUT2D eigenvalue weighted by molar-refractivity contribution is 5.80. The van der Waals surface area contributed by atoms with Gasteiger partial charge in [-0.3, -0.25) is 10.1 Å². The number of nitro groups is 1. The minimum absolute atomic E-state index is 0.0301. The van der Waals surface area contributed by atoms with Crippen molar-refractivity contribution in [3.05, 3.63) is 74.6 Å². The first kappa shape index (κ1) is 19.8. The fourth-order valence-electron chi connectivity index (χ4n) is 1.85. The summed E-state index contributed by atoms with van der Waals surface area (Å²) in [4.78, 5) is 19.1. The van der Waals surface area contributed by atoms with Gasteiger partial charge in [0.05, 0.1) is 4.92 Å². The minimum atomic E-state index is -1.50. The van der Waals surface area contributed by atoms with Crippen molar-refractivity contribution in [2.24, 2.45) is 21.7 Å². The highest BCUT2D eigenvalue weighted by Gasteiger charge is 2.14. The van der Waals surface area contributed by atoms with E-state index in [0.29, 0.717) is 5.69 Å². The number of nitrogens with zero attached hydrogens (tertiary/aromatic N) is 5. The van der Waals surface area contributed by atoms with Crippen molar-refractivity contribution in [2.75, 3.05) is 0 Å². The summed E-state index contributed by atoms with van der Waals surface area (Å²) < 4.78 is 1.71. The topological polar surface area (TPSA) is 188 Å². The summed E-state index contributed by atoms with van der Waals surface area (Å²) in [6, 6.07) is 10.1. The van der Waals surface area contributed by atoms with Crippen molar-refractivity contribution in [2.45, 2.75) is 0 Å². The predicted octanol–water partition coefficient (Wildman–Crippen LogP) is 1.31. The van der Waals surface area contributed by atoms with E-state index in [1.54, 1.807) is 47.2 Å². The fraction of sp³-hybridized carbons (Fsp3) is 0. The van der Waals surface area contributed by atoms with E-state index in [-0.39, 0.29) is 11.6 Å². The molecule has 0 radical (unpaired) electrons. The Morgan fingerprint density at radius 3 is 2.42 bits per heavy atom. The smallest absolute Gasteiger partial charge is 0.293 e. The van der Waals surface area contributed by atoms with Gasteiger partial charge in [-0.15, -0.1) is 15.2 Å². The summed E-state index contributed by atoms with van der Waals surface area (Å²) in [6.45, 7) is 0. The normalized spacial score (nSPS) is 10.3. The zero-order chi connectivity index (χ0) is 19.5. The molecule has 0 spiro atoms. The average molecular weight is 361 g/mol. The van der Waals surface area contributed by atoms with E-state index in [2.05, 4.69) is 10.2 Å². The first-order valence-corrected chi connectivity index (χ1v) is 6.86. The van der Waals surface area contributed by atoms with Crippen LogP contribution >= 0.6 is 0 Å². The maximum atomic E-state index is 11.1. The molecule has 0 saturated carbocycles. The van der Waals surface area contributed by atoms with Crippen molar-refractivity contribution in [3.8, 4) is 5.69 Å². The molecule has 1 heterocycles. The molecule has 136 valence electrons. The SMILES string of the molecule is NC(N)=NN=CC=Cc1cccn1-c1ccccc1[N+](=O)[O-].O=[N+]([O-])O. The van der Waals surface area contributed by atoms with Crippen molar-refractivity contribution >= 4 is 23.9 Å². The van der Waals surface area contributed by atoms with E-state index < -0.39 is 10.0 Å². The fourth-order valence-corrected chi connectivity index (χ4v) is 1.85. The van der Waals surface area contributed by atoms with E-state index in [0.717, 1.165) is 5.69 Å². The monoisotopic (exact) mass is 361 g/mol. The van der Waals surface area contributed by atoms with E-state index >= 15 is 0 Å². The van der Waals surface area contributed by atoms with Crippen molar-refractivity contribution in [3.63, 3.8) is 0 Å². The lowest BCUT2D eigenvalue weighted by Crippen LogP contribution is -2.21. The molecule has 0 aliphatic rings. The van der Waals surface area contributed by atoms with Gasteiger partial charge in [-0.2, -0.15) is 5.10 Å². The van der Waals surface area contributed by atoms with Crippen LogP contribution in [-0.2, 0) is 0 Å². The zero-order valence-electron chi connectivity index (χ0n) is 13.2. The number of guanidine groups is 1. The van der Waals surface area contributed by atoms with Crippen LogP contribution < -0.4 is 11.5 Å². The largest absolute Gasteiger partial charge is 0.369 e. The van der Waals surface area contributed by atoms with E-state index in [1.165, 1.54) is 12.3 Å². The first-order valence-electron chi connectivity index (χ1n) is 6.86. The van der Waals surface area contributed by atoms with Gasteiger partial charge in [0, 0.05) is 24.2 Å². The molecule has 26 heavy (non-hydrogen) atoms. The molecule has 1 aromatic heterocycles. The maximum absolute atomic E-state index is 11.1. The molecular formula is C14H15N7O5. The van der Waals surface area contributed by atoms with Gasteiger partial charge < -0.3 is 21.2 Å². The number of nitrogens with two attached hydrogens (primary N) is 2. The summed E-state index contributed by atoms with van der Waals surface area (Å²) in [7, 11) is 0. The molecule has 0 amide bonds. The molecule has 2 aromatic rings. The average Bonchev–Trinajstić information content (AvgIpc) is 3.02. The Hall–Kier alpha value is -4.22. The number of aromatic nitrogens is 1. The number of nitro benzene ring substituents is 1. The third-order valence-corrected chi connectivity index (χ3v) is 2.71. The maximum Gasteiger partial charge on any atom is 0.293 e. The summed E-state index contributed by atoms with van der Waals surface area (Å²) >= 11 is 0. The van der Waals surface area contributed by atoms with Crippen LogP contribution in [0.4, 0.5) is 5.69 Å². The number of rotatable bonds is 5. The Kier molecular flexibility index (Phi) is 7.48. The van der Waals surface area contributed by atoms with Crippen LogP contribution in [-0.4, -0.2) is 32.0 Å². The minimum Gasteiger partial charge on any atom is -0.369 e. The molecule has 0 unspecified atom stereocenters. The Morgan fingerprint density at radius 2 is 1.81 bits per heavy atom. The van der Waals surface area contributed by atoms with Crippen molar-refractivity contribution < 1.29 is 15.2 Å². The van der Waals surface area contributed by atoms with Gasteiger partial charge in [0.15, 0.2) is 0 Å². The van der Waals surface area contributed by atoms with Gasteiger partial charge in [0.25, 0.3) is 10.8 Å². The standard InChI is InChI=1S/C14H14N6O2.HNO3/c15-14(16)18-17-9-3-5-11-6-4-10-19(11)12-7-1-2-8-13(12)20(21)22;2-1(3)4/h1-10H,(H4,15,16,18);(H,2,3,4). The van der Waals surface area contributed by atoms with Crippen LogP contribution in [0.1, 0.15) is 5.69 Å². The summed E-state index contributed by atoms with van der Waals surface area (Å²) in [6.07, 6.45) is 6.53. The van der Waals surface area contributed by atoms with Crippen LogP contribution in [0.5, 0.6) is 0 Å². The van der Waals surface area contributed by atoms with Crippen LogP contribution in [0.2, 0.25) is 0 Å². The lowest BCUT2D eigenvalue weighted by molar-refractivity contribution is -0.742. The van der Waals surface area contributed by atoms with Crippen LogP contribution in [0.3, 0.4) is 0 Å². The Bertz CT molecular complexity index is 849. The Balaban J connectivity index is 0.000000765. The molecule has 0 saturated heterocycles. The number of benzene rings is 1. The lowest BCUT2D eigenvalue weighted by atomic mass is 10.2. The van der Waals surface area contributed by atoms with Gasteiger partial charge in [-0.25, -0.2) is 0 Å². The first-order chi connectivity index (χ1) is 12.3. The third-order valence-electron chi connectivity index (χ3n) is 2.71. The van der Waals surface area contributed by atoms with E-state index in [1.807, 2.05) is 6.07 Å². The van der Waals surface area contributed by atoms with Crippen LogP contribution in [0.25, 0.3) is 11.8 Å². The molecule has 5 N–H and O–H groups in total. The summed E-state index contributed by atoms with van der Waals surface area (Å²) in [5.74, 6) is -0.132. The molecule has 12 nitrogen and oxygen atoms in total. The predicted molar refractivity (Wildman–Crippen MR) is 94.5 cm³/mol. The molecule has 1 aromatic carbocycles. The molecule has 0 aliphatic carbocycles. The highest BCUT2D eigenvalue weighted by Crippen LogP contribution is 2.24. The number of allylic oxidation sites excluding steroid dienone is 1. The Morgan fingerprint density at radius 1 is 1.15 bits per heavy atom. The molecular weight excluding hydrogens is 346 g/mol. The number of hydrogen-bond acceptors (Lipinski definition) is 6. The van der Waals surface area contributed by atoms with Crippen LogP contribution in [0, 0.1) is 20.2 Å². The lowest BCUT2D eigenvalue weighted by Gasteiger charge is -2.06. The number of hydrogen-bond donors (Lipinski definition) is 3. The molecule has 0 fully saturated rings. The quantitative estimate of drug-likeness (QED) is 0.309. The van der Waals surface area contributed by atoms with Crippen molar-refractivity contribution in [1.82, 2.24) is 4.57 Å². The van der Waals surface area contributed by atoms with Gasteiger partial charge in [0.1, 0.15) is 5.69 Å². The van der Waals surface area contributed by atoms with Gasteiger partial charge in [-0.1, -0.05) is 12.1 Å². The molecule has 2 rings (SSSR count). The van der Waals surface area contributed by atoms with E-state index in [9.17, 15) is 10.1 Å². The second kappa shape index (κ2) is 9.82. The second-order valence-corrected chi connectivity index (χ2v) is 4.44. The van der Waals surface area contributed by atoms with E-state index in [4.69, 9.17) is 26.8 Å². The van der Waals surface area contributed by atoms with Gasteiger partial charge in [-0.05, 0) is 30.4 Å². The summed E-state index contributed by atoms with van der Waals surface area (Å²) in [5, 5.41) is 31.8. The van der Waals surface area contributed by atoms with Gasteiger partial charge >= 0.3 is 0 Å². The van der Waals surface area contributed by atoms with Crippen LogP contribution in [0.15, 0.2) is 58.9 Å². The van der Waals surface area contributed by atoms with Gasteiger partial charge in [0.2, 0.25) is 5.96 Å². The second-order valence-electron chi connectivity index (χ2n) is 4.44. The Labute approximate surface area is 146 Å². The zero-order valence-corrected chi connectivity index (χ0v) is 13.2. The molecule has 12 heteroatoms. The summed E-state index contributed by atoms with van der Waals surface area (Å²) in [5.41, 5.74) is 11.5. The third kappa shape index (κ3) is 6.49. The van der Waals surface area contributed by atoms with Crippen molar-refractivity contribution in [1.29, 1.82) is 0 Å². The number of para-hydroxylation sites is 2. The highest BCUT2D eigenvalue weighted by atomic mass is 16.9. The molecule has 0 bridgehead atoms. The molecule has 0 aliphatic heterocycles. The molecule has 0 atom stereocenters.